The number of nitrogens with zero attached hydrogens (tertiary/aromatic N) is 1. The summed E-state index contributed by atoms with van der Waals surface area (Å²) in [7, 11) is -3.75. The van der Waals surface area contributed by atoms with Gasteiger partial charge in [0.1, 0.15) is 10.5 Å². The van der Waals surface area contributed by atoms with Crippen LogP contribution >= 0.6 is 0 Å². The Bertz CT molecular complexity index is 1510. The van der Waals surface area contributed by atoms with E-state index in [0.717, 1.165) is 34.4 Å². The van der Waals surface area contributed by atoms with Gasteiger partial charge >= 0.3 is 0 Å². The number of sulfone groups is 1. The molecule has 176 valence electrons. The van der Waals surface area contributed by atoms with Gasteiger partial charge in [0, 0.05) is 5.39 Å². The number of unbranched alkanes of at least 4 members (excludes halogenated alkanes) is 2. The molecule has 1 aliphatic rings. The molecule has 2 heterocycles. The molecule has 4 nitrogen and oxygen atoms in total. The van der Waals surface area contributed by atoms with E-state index in [9.17, 15) is 8.42 Å². The maximum Gasteiger partial charge on any atom is 0.225 e. The summed E-state index contributed by atoms with van der Waals surface area (Å²) >= 11 is 0. The van der Waals surface area contributed by atoms with Gasteiger partial charge in [-0.3, -0.25) is 4.90 Å². The molecule has 3 aromatic carbocycles. The minimum Gasteiger partial charge on any atom is -0.438 e. The number of fused-ring (bicyclic) bond motifs is 4. The Morgan fingerprint density at radius 2 is 1.53 bits per heavy atom. The summed E-state index contributed by atoms with van der Waals surface area (Å²) in [5.74, 6) is 0.377. The van der Waals surface area contributed by atoms with Gasteiger partial charge < -0.3 is 4.42 Å². The first-order valence-corrected chi connectivity index (χ1v) is 13.5. The first-order valence-electron chi connectivity index (χ1n) is 12.0. The van der Waals surface area contributed by atoms with Crippen LogP contribution in [0.4, 0.5) is 17.3 Å². The molecule has 0 unspecified atom stereocenters. The molecule has 0 amide bonds. The predicted octanol–water partition coefficient (Wildman–Crippen LogP) is 8.02. The van der Waals surface area contributed by atoms with E-state index in [1.165, 1.54) is 24.8 Å². The molecule has 1 aromatic heterocycles. The van der Waals surface area contributed by atoms with Crippen LogP contribution in [0, 0.1) is 27.7 Å². The molecule has 0 saturated carbocycles. The van der Waals surface area contributed by atoms with Crippen molar-refractivity contribution >= 4 is 38.1 Å². The van der Waals surface area contributed by atoms with E-state index in [0.29, 0.717) is 27.4 Å². The minimum atomic E-state index is -3.75. The van der Waals surface area contributed by atoms with Crippen LogP contribution in [0.3, 0.4) is 0 Å². The van der Waals surface area contributed by atoms with Crippen molar-refractivity contribution in [2.45, 2.75) is 70.1 Å². The second-order valence-corrected chi connectivity index (χ2v) is 11.4. The molecule has 0 N–H and O–H groups in total. The lowest BCUT2D eigenvalue weighted by molar-refractivity contribution is 0.580. The fourth-order valence-corrected chi connectivity index (χ4v) is 6.97. The average molecular weight is 474 g/mol. The third kappa shape index (κ3) is 3.54. The summed E-state index contributed by atoms with van der Waals surface area (Å²) in [6, 6.07) is 15.8. The molecule has 5 heteroatoms. The Hall–Kier alpha value is -3.05. The van der Waals surface area contributed by atoms with Gasteiger partial charge in [0.05, 0.1) is 16.3 Å². The number of anilines is 3. The zero-order valence-corrected chi connectivity index (χ0v) is 21.3. The van der Waals surface area contributed by atoms with Gasteiger partial charge in [-0.25, -0.2) is 8.42 Å². The average Bonchev–Trinajstić information content (AvgIpc) is 3.15. The molecule has 0 radical (unpaired) electrons. The fraction of sp³-hybridized carbons (Fsp3) is 0.310. The number of aryl methyl sites for hydroxylation is 5. The highest BCUT2D eigenvalue weighted by atomic mass is 32.2. The van der Waals surface area contributed by atoms with E-state index in [1.54, 1.807) is 6.07 Å². The van der Waals surface area contributed by atoms with Crippen molar-refractivity contribution in [3.8, 4) is 0 Å². The Morgan fingerprint density at radius 1 is 0.853 bits per heavy atom. The second kappa shape index (κ2) is 8.31. The second-order valence-electron chi connectivity index (χ2n) is 9.58. The van der Waals surface area contributed by atoms with Crippen LogP contribution in [0.15, 0.2) is 62.7 Å². The van der Waals surface area contributed by atoms with Crippen molar-refractivity contribution in [1.29, 1.82) is 0 Å². The van der Waals surface area contributed by atoms with E-state index in [4.69, 9.17) is 4.42 Å². The summed E-state index contributed by atoms with van der Waals surface area (Å²) in [4.78, 5) is 2.60. The molecule has 1 aliphatic heterocycles. The Labute approximate surface area is 202 Å². The largest absolute Gasteiger partial charge is 0.438 e. The van der Waals surface area contributed by atoms with E-state index in [-0.39, 0.29) is 4.90 Å². The van der Waals surface area contributed by atoms with Crippen molar-refractivity contribution in [2.75, 3.05) is 4.90 Å². The molecule has 4 aromatic rings. The van der Waals surface area contributed by atoms with Crippen molar-refractivity contribution in [3.63, 3.8) is 0 Å². The quantitative estimate of drug-likeness (QED) is 0.243. The number of furan rings is 1. The summed E-state index contributed by atoms with van der Waals surface area (Å²) in [5, 5.41) is 0.638. The monoisotopic (exact) mass is 473 g/mol. The van der Waals surface area contributed by atoms with Crippen molar-refractivity contribution in [3.05, 3.63) is 76.3 Å². The minimum absolute atomic E-state index is 0.259. The molecule has 5 rings (SSSR count). The third-order valence-electron chi connectivity index (χ3n) is 6.74. The molecule has 0 atom stereocenters. The van der Waals surface area contributed by atoms with Crippen molar-refractivity contribution < 1.29 is 12.8 Å². The zero-order valence-electron chi connectivity index (χ0n) is 20.5. The highest BCUT2D eigenvalue weighted by Crippen LogP contribution is 2.53. The normalized spacial score (nSPS) is 14.3. The Morgan fingerprint density at radius 3 is 2.24 bits per heavy atom. The van der Waals surface area contributed by atoms with Crippen LogP contribution < -0.4 is 4.90 Å². The molecular weight excluding hydrogens is 442 g/mol. The lowest BCUT2D eigenvalue weighted by Gasteiger charge is -2.32. The van der Waals surface area contributed by atoms with Crippen LogP contribution in [-0.2, 0) is 16.3 Å². The van der Waals surface area contributed by atoms with Gasteiger partial charge in [0.25, 0.3) is 0 Å². The van der Waals surface area contributed by atoms with Gasteiger partial charge in [-0.05, 0) is 87.1 Å². The van der Waals surface area contributed by atoms with E-state index >= 15 is 0 Å². The molecule has 0 spiro atoms. The molecule has 0 aliphatic carbocycles. The molecule has 0 fully saturated rings. The summed E-state index contributed by atoms with van der Waals surface area (Å²) in [6.45, 7) is 10.3. The first kappa shape index (κ1) is 22.7. The van der Waals surface area contributed by atoms with Crippen LogP contribution in [0.5, 0.6) is 0 Å². The van der Waals surface area contributed by atoms with Gasteiger partial charge in [-0.1, -0.05) is 49.6 Å². The van der Waals surface area contributed by atoms with Gasteiger partial charge in [0.2, 0.25) is 15.7 Å². The molecule has 34 heavy (non-hydrogen) atoms. The highest BCUT2D eigenvalue weighted by Gasteiger charge is 2.40. The van der Waals surface area contributed by atoms with E-state index < -0.39 is 9.84 Å². The standard InChI is InChI=1S/C29H31NO3S/c1-6-7-8-9-22-16-20(4)27(21(5)17-22)30-24-12-10-19(3)15-26(24)34(31,32)28-23-14-18(2)11-13-25(23)33-29(28)30/h10-17H,6-9H2,1-5H3. The Kier molecular flexibility index (Phi) is 5.56. The zero-order chi connectivity index (χ0) is 24.2. The topological polar surface area (TPSA) is 50.5 Å². The highest BCUT2D eigenvalue weighted by molar-refractivity contribution is 7.92. The lowest BCUT2D eigenvalue weighted by Crippen LogP contribution is -2.22. The van der Waals surface area contributed by atoms with Gasteiger partial charge in [-0.15, -0.1) is 0 Å². The first-order chi connectivity index (χ1) is 16.2. The number of hydrogen-bond donors (Lipinski definition) is 0. The van der Waals surface area contributed by atoms with E-state index in [2.05, 4.69) is 32.9 Å². The molecule has 0 bridgehead atoms. The van der Waals surface area contributed by atoms with Crippen molar-refractivity contribution in [1.82, 2.24) is 0 Å². The Balaban J connectivity index is 1.79. The maximum atomic E-state index is 13.9. The number of benzene rings is 3. The van der Waals surface area contributed by atoms with Gasteiger partial charge in [-0.2, -0.15) is 0 Å². The van der Waals surface area contributed by atoms with E-state index in [1.807, 2.05) is 49.1 Å². The summed E-state index contributed by atoms with van der Waals surface area (Å²) < 4.78 is 34.1. The number of hydrogen-bond acceptors (Lipinski definition) is 4. The van der Waals surface area contributed by atoms with Crippen molar-refractivity contribution in [2.24, 2.45) is 0 Å². The molecule has 0 saturated heterocycles. The fourth-order valence-electron chi connectivity index (χ4n) is 5.17. The SMILES string of the molecule is CCCCCc1cc(C)c(N2c3ccc(C)cc3S(=O)(=O)c3c2oc2ccc(C)cc32)c(C)c1. The maximum absolute atomic E-state index is 13.9. The van der Waals surface area contributed by atoms with Crippen LogP contribution in [0.25, 0.3) is 11.0 Å². The third-order valence-corrected chi connectivity index (χ3v) is 8.58. The van der Waals surface area contributed by atoms with Crippen LogP contribution in [0.1, 0.15) is 54.0 Å². The lowest BCUT2D eigenvalue weighted by atomic mass is 9.99. The smallest absolute Gasteiger partial charge is 0.225 e. The number of rotatable bonds is 5. The summed E-state index contributed by atoms with van der Waals surface area (Å²) in [6.07, 6.45) is 4.64. The summed E-state index contributed by atoms with van der Waals surface area (Å²) in [5.41, 5.74) is 7.66. The van der Waals surface area contributed by atoms with Crippen LogP contribution in [0.2, 0.25) is 0 Å². The van der Waals surface area contributed by atoms with Gasteiger partial charge in [0.15, 0.2) is 0 Å². The predicted molar refractivity (Wildman–Crippen MR) is 139 cm³/mol. The molecular formula is C29H31NO3S. The van der Waals surface area contributed by atoms with Crippen LogP contribution in [-0.4, -0.2) is 8.42 Å².